The quantitative estimate of drug-likeness (QED) is 0.324. The molecule has 0 unspecified atom stereocenters. The first-order chi connectivity index (χ1) is 14.3. The van der Waals surface area contributed by atoms with Crippen molar-refractivity contribution in [2.24, 2.45) is 5.92 Å². The predicted molar refractivity (Wildman–Crippen MR) is 117 cm³/mol. The molecular formula is C21H31N3O5S. The summed E-state index contributed by atoms with van der Waals surface area (Å²) in [4.78, 5) is 47.9. The first-order valence-corrected chi connectivity index (χ1v) is 11.2. The standard InChI is InChI=1S/C21H31N3O5S/c1-14(2)11-17(22-13-25)20(27)23-16(9-10-30-3)19(26)24-18(21(28)29)12-15-7-5-4-6-8-15/h4-8,13-14,16-18H,9-12H2,1-3H3,(H,22,25)(H,23,27)(H,24,26)(H,28,29)/t16-,17-,18-/m0/s1. The molecule has 3 amide bonds. The van der Waals surface area contributed by atoms with E-state index in [-0.39, 0.29) is 12.3 Å². The van der Waals surface area contributed by atoms with Gasteiger partial charge in [0.15, 0.2) is 0 Å². The normalized spacial score (nSPS) is 13.7. The maximum atomic E-state index is 12.8. The van der Waals surface area contributed by atoms with Crippen LogP contribution in [-0.2, 0) is 25.6 Å². The first-order valence-electron chi connectivity index (χ1n) is 9.84. The highest BCUT2D eigenvalue weighted by Crippen LogP contribution is 2.08. The third kappa shape index (κ3) is 9.30. The largest absolute Gasteiger partial charge is 0.480 e. The zero-order chi connectivity index (χ0) is 22.5. The van der Waals surface area contributed by atoms with Gasteiger partial charge in [-0.1, -0.05) is 44.2 Å². The molecule has 0 aliphatic heterocycles. The summed E-state index contributed by atoms with van der Waals surface area (Å²) in [6.07, 6.45) is 3.23. The lowest BCUT2D eigenvalue weighted by Gasteiger charge is -2.24. The molecule has 0 spiro atoms. The number of aliphatic carboxylic acids is 1. The Hall–Kier alpha value is -2.55. The van der Waals surface area contributed by atoms with Gasteiger partial charge in [-0.2, -0.15) is 11.8 Å². The van der Waals surface area contributed by atoms with Gasteiger partial charge < -0.3 is 21.1 Å². The third-order valence-corrected chi connectivity index (χ3v) is 5.08. The lowest BCUT2D eigenvalue weighted by Crippen LogP contribution is -2.55. The fourth-order valence-electron chi connectivity index (χ4n) is 2.90. The molecule has 0 radical (unpaired) electrons. The summed E-state index contributed by atoms with van der Waals surface area (Å²) >= 11 is 1.51. The summed E-state index contributed by atoms with van der Waals surface area (Å²) in [5.74, 6) is -1.41. The van der Waals surface area contributed by atoms with Gasteiger partial charge in [0, 0.05) is 6.42 Å². The minimum absolute atomic E-state index is 0.133. The van der Waals surface area contributed by atoms with E-state index >= 15 is 0 Å². The van der Waals surface area contributed by atoms with Crippen molar-refractivity contribution in [2.75, 3.05) is 12.0 Å². The zero-order valence-corrected chi connectivity index (χ0v) is 18.4. The molecule has 0 heterocycles. The molecular weight excluding hydrogens is 406 g/mol. The van der Waals surface area contributed by atoms with Crippen LogP contribution in [0.15, 0.2) is 30.3 Å². The van der Waals surface area contributed by atoms with Gasteiger partial charge in [-0.3, -0.25) is 14.4 Å². The predicted octanol–water partition coefficient (Wildman–Crippen LogP) is 1.20. The van der Waals surface area contributed by atoms with Gasteiger partial charge in [0.2, 0.25) is 18.2 Å². The summed E-state index contributed by atoms with van der Waals surface area (Å²) in [5, 5.41) is 17.2. The van der Waals surface area contributed by atoms with E-state index in [0.29, 0.717) is 25.0 Å². The Balaban J connectivity index is 2.88. The van der Waals surface area contributed by atoms with Gasteiger partial charge in [0.25, 0.3) is 0 Å². The van der Waals surface area contributed by atoms with Crippen LogP contribution in [0.2, 0.25) is 0 Å². The Morgan fingerprint density at radius 3 is 2.17 bits per heavy atom. The maximum absolute atomic E-state index is 12.8. The molecule has 9 heteroatoms. The molecule has 0 bridgehead atoms. The second-order valence-electron chi connectivity index (χ2n) is 7.40. The van der Waals surface area contributed by atoms with Crippen molar-refractivity contribution in [1.29, 1.82) is 0 Å². The van der Waals surface area contributed by atoms with Crippen LogP contribution in [0.5, 0.6) is 0 Å². The van der Waals surface area contributed by atoms with Crippen LogP contribution >= 0.6 is 11.8 Å². The van der Waals surface area contributed by atoms with E-state index < -0.39 is 35.9 Å². The van der Waals surface area contributed by atoms with Gasteiger partial charge >= 0.3 is 5.97 Å². The number of thioether (sulfide) groups is 1. The smallest absolute Gasteiger partial charge is 0.326 e. The summed E-state index contributed by atoms with van der Waals surface area (Å²) in [7, 11) is 0. The minimum Gasteiger partial charge on any atom is -0.480 e. The maximum Gasteiger partial charge on any atom is 0.326 e. The van der Waals surface area contributed by atoms with Crippen LogP contribution in [0.4, 0.5) is 0 Å². The molecule has 1 aromatic carbocycles. The Labute approximate surface area is 181 Å². The molecule has 0 saturated carbocycles. The van der Waals surface area contributed by atoms with E-state index in [1.807, 2.05) is 26.2 Å². The number of carbonyl (C=O) groups is 4. The van der Waals surface area contributed by atoms with Crippen LogP contribution in [0, 0.1) is 5.92 Å². The number of nitrogens with one attached hydrogen (secondary N) is 3. The van der Waals surface area contributed by atoms with E-state index in [9.17, 15) is 24.3 Å². The van der Waals surface area contributed by atoms with E-state index in [1.165, 1.54) is 11.8 Å². The molecule has 0 aliphatic carbocycles. The fraction of sp³-hybridized carbons (Fsp3) is 0.524. The third-order valence-electron chi connectivity index (χ3n) is 4.43. The van der Waals surface area contributed by atoms with E-state index in [0.717, 1.165) is 5.56 Å². The highest BCUT2D eigenvalue weighted by atomic mass is 32.2. The lowest BCUT2D eigenvalue weighted by atomic mass is 10.0. The lowest BCUT2D eigenvalue weighted by molar-refractivity contribution is -0.142. The van der Waals surface area contributed by atoms with Gasteiger partial charge in [0.1, 0.15) is 18.1 Å². The second-order valence-corrected chi connectivity index (χ2v) is 8.38. The average molecular weight is 438 g/mol. The molecule has 0 aromatic heterocycles. The molecule has 0 aliphatic rings. The number of benzene rings is 1. The molecule has 1 aromatic rings. The summed E-state index contributed by atoms with van der Waals surface area (Å²) in [6.45, 7) is 3.84. The van der Waals surface area contributed by atoms with Crippen LogP contribution < -0.4 is 16.0 Å². The molecule has 0 fully saturated rings. The monoisotopic (exact) mass is 437 g/mol. The number of hydrogen-bond donors (Lipinski definition) is 4. The first kappa shape index (κ1) is 25.5. The Bertz CT molecular complexity index is 699. The van der Waals surface area contributed by atoms with Crippen molar-refractivity contribution >= 4 is 36.0 Å². The van der Waals surface area contributed by atoms with Crippen molar-refractivity contribution < 1.29 is 24.3 Å². The number of amides is 3. The molecule has 0 saturated heterocycles. The summed E-state index contributed by atoms with van der Waals surface area (Å²) in [5.41, 5.74) is 0.780. The number of carboxylic acid groups (broad SMARTS) is 1. The molecule has 30 heavy (non-hydrogen) atoms. The van der Waals surface area contributed by atoms with E-state index in [2.05, 4.69) is 16.0 Å². The van der Waals surface area contributed by atoms with Crippen LogP contribution in [0.1, 0.15) is 32.3 Å². The van der Waals surface area contributed by atoms with E-state index in [4.69, 9.17) is 0 Å². The van der Waals surface area contributed by atoms with Crippen molar-refractivity contribution in [2.45, 2.75) is 51.2 Å². The fourth-order valence-corrected chi connectivity index (χ4v) is 3.37. The Kier molecular flexibility index (Phi) is 11.6. The molecule has 8 nitrogen and oxygen atoms in total. The molecule has 3 atom stereocenters. The summed E-state index contributed by atoms with van der Waals surface area (Å²) < 4.78 is 0. The van der Waals surface area contributed by atoms with Crippen LogP contribution in [0.25, 0.3) is 0 Å². The highest BCUT2D eigenvalue weighted by molar-refractivity contribution is 7.98. The SMILES string of the molecule is CSCC[C@H](NC(=O)[C@H](CC(C)C)NC=O)C(=O)N[C@@H](Cc1ccccc1)C(=O)O. The number of hydrogen-bond acceptors (Lipinski definition) is 5. The van der Waals surface area contributed by atoms with Crippen LogP contribution in [-0.4, -0.2) is 59.4 Å². The number of carbonyl (C=O) groups excluding carboxylic acids is 3. The van der Waals surface area contributed by atoms with E-state index in [1.54, 1.807) is 24.3 Å². The van der Waals surface area contributed by atoms with Crippen molar-refractivity contribution in [3.05, 3.63) is 35.9 Å². The highest BCUT2D eigenvalue weighted by Gasteiger charge is 2.29. The summed E-state index contributed by atoms with van der Waals surface area (Å²) in [6, 6.07) is 6.23. The molecule has 1 rings (SSSR count). The van der Waals surface area contributed by atoms with Gasteiger partial charge in [0.05, 0.1) is 0 Å². The molecule has 166 valence electrons. The Morgan fingerprint density at radius 1 is 1.03 bits per heavy atom. The van der Waals surface area contributed by atoms with Gasteiger partial charge in [-0.25, -0.2) is 4.79 Å². The zero-order valence-electron chi connectivity index (χ0n) is 17.6. The van der Waals surface area contributed by atoms with Crippen molar-refractivity contribution in [3.8, 4) is 0 Å². The number of rotatable bonds is 14. The van der Waals surface area contributed by atoms with Gasteiger partial charge in [-0.15, -0.1) is 0 Å². The Morgan fingerprint density at radius 2 is 1.63 bits per heavy atom. The topological polar surface area (TPSA) is 125 Å². The minimum atomic E-state index is -1.15. The number of carboxylic acids is 1. The van der Waals surface area contributed by atoms with Crippen molar-refractivity contribution in [3.63, 3.8) is 0 Å². The average Bonchev–Trinajstić information content (AvgIpc) is 2.70. The second kappa shape index (κ2) is 13.6. The molecule has 4 N–H and O–H groups in total. The van der Waals surface area contributed by atoms with Crippen LogP contribution in [0.3, 0.4) is 0 Å². The van der Waals surface area contributed by atoms with Crippen molar-refractivity contribution in [1.82, 2.24) is 16.0 Å². The van der Waals surface area contributed by atoms with Gasteiger partial charge in [-0.05, 0) is 36.3 Å².